The standard InChI is InChI=1S/C17H21NO8/c1-23-10-7-5-9(6-8-10)13-11(15(19)24-2)12(16(20)25-3)14(18(13)22)17(21)26-4/h5-8,11-14,22H,1-4H3/t11-,12-,13-,14-/m0/s1. The highest BCUT2D eigenvalue weighted by Crippen LogP contribution is 2.45. The average Bonchev–Trinajstić information content (AvgIpc) is 2.99. The summed E-state index contributed by atoms with van der Waals surface area (Å²) < 4.78 is 19.3. The van der Waals surface area contributed by atoms with Crippen molar-refractivity contribution in [1.29, 1.82) is 0 Å². The van der Waals surface area contributed by atoms with E-state index in [4.69, 9.17) is 18.9 Å². The predicted octanol–water partition coefficient (Wildman–Crippen LogP) is 0.561. The molecule has 4 atom stereocenters. The maximum atomic E-state index is 12.4. The van der Waals surface area contributed by atoms with Crippen LogP contribution in [0.5, 0.6) is 5.75 Å². The van der Waals surface area contributed by atoms with Gasteiger partial charge in [0.25, 0.3) is 0 Å². The van der Waals surface area contributed by atoms with Gasteiger partial charge in [0, 0.05) is 0 Å². The number of carbonyl (C=O) groups is 3. The summed E-state index contributed by atoms with van der Waals surface area (Å²) in [5.74, 6) is -4.35. The zero-order valence-electron chi connectivity index (χ0n) is 14.9. The molecule has 1 aliphatic heterocycles. The molecule has 0 aliphatic carbocycles. The Morgan fingerprint density at radius 3 is 1.81 bits per heavy atom. The minimum absolute atomic E-state index is 0.490. The molecule has 0 bridgehead atoms. The summed E-state index contributed by atoms with van der Waals surface area (Å²) in [4.78, 5) is 36.9. The SMILES string of the molecule is COC(=O)[C@H]1[C@H](C(=O)OC)[C@H](c2ccc(OC)cc2)N(O)[C@@H]1C(=O)OC. The second-order valence-corrected chi connectivity index (χ2v) is 5.66. The molecular formula is C17H21NO8. The van der Waals surface area contributed by atoms with Gasteiger partial charge >= 0.3 is 17.9 Å². The summed E-state index contributed by atoms with van der Waals surface area (Å²) in [6.45, 7) is 0. The van der Waals surface area contributed by atoms with Crippen molar-refractivity contribution < 1.29 is 38.5 Å². The molecule has 1 aliphatic rings. The third-order valence-corrected chi connectivity index (χ3v) is 4.48. The number of esters is 3. The molecular weight excluding hydrogens is 346 g/mol. The van der Waals surface area contributed by atoms with Crippen LogP contribution in [-0.4, -0.2) is 62.7 Å². The van der Waals surface area contributed by atoms with Gasteiger partial charge < -0.3 is 24.2 Å². The van der Waals surface area contributed by atoms with Crippen molar-refractivity contribution in [2.45, 2.75) is 12.1 Å². The van der Waals surface area contributed by atoms with E-state index in [-0.39, 0.29) is 0 Å². The van der Waals surface area contributed by atoms with Gasteiger partial charge in [-0.05, 0) is 17.7 Å². The van der Waals surface area contributed by atoms with Crippen LogP contribution < -0.4 is 4.74 Å². The lowest BCUT2D eigenvalue weighted by Crippen LogP contribution is -2.43. The fraction of sp³-hybridized carbons (Fsp3) is 0.471. The average molecular weight is 367 g/mol. The predicted molar refractivity (Wildman–Crippen MR) is 86.2 cm³/mol. The summed E-state index contributed by atoms with van der Waals surface area (Å²) in [7, 11) is 4.92. The number of rotatable bonds is 5. The van der Waals surface area contributed by atoms with Crippen LogP contribution in [0.3, 0.4) is 0 Å². The largest absolute Gasteiger partial charge is 0.497 e. The van der Waals surface area contributed by atoms with Crippen molar-refractivity contribution in [1.82, 2.24) is 5.06 Å². The summed E-state index contributed by atoms with van der Waals surface area (Å²) >= 11 is 0. The first-order chi connectivity index (χ1) is 12.4. The molecule has 0 saturated carbocycles. The lowest BCUT2D eigenvalue weighted by atomic mass is 9.84. The molecule has 1 aromatic carbocycles. The van der Waals surface area contributed by atoms with E-state index in [1.165, 1.54) is 7.11 Å². The lowest BCUT2D eigenvalue weighted by Gasteiger charge is -2.24. The van der Waals surface area contributed by atoms with E-state index >= 15 is 0 Å². The first-order valence-electron chi connectivity index (χ1n) is 7.75. The topological polar surface area (TPSA) is 112 Å². The van der Waals surface area contributed by atoms with E-state index in [0.717, 1.165) is 21.3 Å². The Morgan fingerprint density at radius 1 is 0.846 bits per heavy atom. The number of methoxy groups -OCH3 is 4. The maximum Gasteiger partial charge on any atom is 0.326 e. The fourth-order valence-corrected chi connectivity index (χ4v) is 3.25. The van der Waals surface area contributed by atoms with E-state index < -0.39 is 41.8 Å². The summed E-state index contributed by atoms with van der Waals surface area (Å²) in [5.41, 5.74) is 0.490. The van der Waals surface area contributed by atoms with Crippen LogP contribution in [0.2, 0.25) is 0 Å². The highest BCUT2D eigenvalue weighted by Gasteiger charge is 2.60. The van der Waals surface area contributed by atoms with Crippen LogP contribution >= 0.6 is 0 Å². The second-order valence-electron chi connectivity index (χ2n) is 5.66. The molecule has 0 amide bonds. The molecule has 0 spiro atoms. The molecule has 9 nitrogen and oxygen atoms in total. The molecule has 1 fully saturated rings. The van der Waals surface area contributed by atoms with E-state index in [1.807, 2.05) is 0 Å². The van der Waals surface area contributed by atoms with Gasteiger partial charge in [-0.25, -0.2) is 0 Å². The zero-order valence-corrected chi connectivity index (χ0v) is 14.9. The van der Waals surface area contributed by atoms with E-state index in [9.17, 15) is 19.6 Å². The minimum Gasteiger partial charge on any atom is -0.497 e. The second kappa shape index (κ2) is 8.15. The Hall–Kier alpha value is -2.65. The van der Waals surface area contributed by atoms with Crippen molar-refractivity contribution in [3.8, 4) is 5.75 Å². The molecule has 1 aromatic rings. The number of hydrogen-bond donors (Lipinski definition) is 1. The Labute approximate surface area is 150 Å². The first kappa shape index (κ1) is 19.7. The first-order valence-corrected chi connectivity index (χ1v) is 7.75. The van der Waals surface area contributed by atoms with Gasteiger partial charge in [0.15, 0.2) is 0 Å². The van der Waals surface area contributed by atoms with Crippen LogP contribution in [0.1, 0.15) is 11.6 Å². The Bertz CT molecular complexity index is 674. The smallest absolute Gasteiger partial charge is 0.326 e. The van der Waals surface area contributed by atoms with Crippen molar-refractivity contribution >= 4 is 17.9 Å². The van der Waals surface area contributed by atoms with Gasteiger partial charge in [-0.3, -0.25) is 14.4 Å². The number of carbonyl (C=O) groups excluding carboxylic acids is 3. The molecule has 1 heterocycles. The molecule has 0 radical (unpaired) electrons. The third-order valence-electron chi connectivity index (χ3n) is 4.48. The number of hydroxylamine groups is 2. The summed E-state index contributed by atoms with van der Waals surface area (Å²) in [6, 6.07) is 4.09. The van der Waals surface area contributed by atoms with Gasteiger partial charge in [-0.15, -0.1) is 0 Å². The van der Waals surface area contributed by atoms with Crippen molar-refractivity contribution in [3.63, 3.8) is 0 Å². The van der Waals surface area contributed by atoms with Crippen molar-refractivity contribution in [2.24, 2.45) is 11.8 Å². The molecule has 0 unspecified atom stereocenters. The Balaban J connectivity index is 2.57. The van der Waals surface area contributed by atoms with Gasteiger partial charge in [0.2, 0.25) is 0 Å². The maximum absolute atomic E-state index is 12.4. The Morgan fingerprint density at radius 2 is 1.35 bits per heavy atom. The number of hydrogen-bond acceptors (Lipinski definition) is 9. The van der Waals surface area contributed by atoms with Crippen molar-refractivity contribution in [3.05, 3.63) is 29.8 Å². The number of nitrogens with zero attached hydrogens (tertiary/aromatic N) is 1. The minimum atomic E-state index is -1.41. The quantitative estimate of drug-likeness (QED) is 0.589. The molecule has 1 saturated heterocycles. The van der Waals surface area contributed by atoms with E-state index in [2.05, 4.69) is 0 Å². The van der Waals surface area contributed by atoms with Gasteiger partial charge in [-0.1, -0.05) is 12.1 Å². The molecule has 142 valence electrons. The van der Waals surface area contributed by atoms with Gasteiger partial charge in [-0.2, -0.15) is 5.06 Å². The normalized spacial score (nSPS) is 25.4. The molecule has 2 rings (SSSR count). The van der Waals surface area contributed by atoms with E-state index in [1.54, 1.807) is 24.3 Å². The highest BCUT2D eigenvalue weighted by atomic mass is 16.6. The molecule has 0 aromatic heterocycles. The van der Waals surface area contributed by atoms with Crippen molar-refractivity contribution in [2.75, 3.05) is 28.4 Å². The molecule has 9 heteroatoms. The van der Waals surface area contributed by atoms with Crippen LogP contribution in [0.4, 0.5) is 0 Å². The van der Waals surface area contributed by atoms with E-state index in [0.29, 0.717) is 16.4 Å². The highest BCUT2D eigenvalue weighted by molar-refractivity contribution is 5.90. The van der Waals surface area contributed by atoms with Crippen LogP contribution in [0, 0.1) is 11.8 Å². The van der Waals surface area contributed by atoms with Crippen LogP contribution in [0.15, 0.2) is 24.3 Å². The summed E-state index contributed by atoms with van der Waals surface area (Å²) in [6.07, 6.45) is 0. The number of ether oxygens (including phenoxy) is 4. The zero-order chi connectivity index (χ0) is 19.4. The summed E-state index contributed by atoms with van der Waals surface area (Å²) in [5, 5.41) is 11.3. The molecule has 1 N–H and O–H groups in total. The van der Waals surface area contributed by atoms with Crippen LogP contribution in [-0.2, 0) is 28.6 Å². The Kier molecular flexibility index (Phi) is 6.17. The lowest BCUT2D eigenvalue weighted by molar-refractivity contribution is -0.181. The third kappa shape index (κ3) is 3.35. The number of benzene rings is 1. The van der Waals surface area contributed by atoms with Crippen LogP contribution in [0.25, 0.3) is 0 Å². The molecule has 26 heavy (non-hydrogen) atoms. The monoisotopic (exact) mass is 367 g/mol. The van der Waals surface area contributed by atoms with Gasteiger partial charge in [0.05, 0.1) is 40.4 Å². The fourth-order valence-electron chi connectivity index (χ4n) is 3.25. The van der Waals surface area contributed by atoms with Gasteiger partial charge in [0.1, 0.15) is 17.7 Å².